The molecule has 5 nitrogen and oxygen atoms in total. The zero-order valence-electron chi connectivity index (χ0n) is 11.3. The smallest absolute Gasteiger partial charge is 0.223 e. The first kappa shape index (κ1) is 15.0. The number of amides is 2. The standard InChI is InChI=1S/C13H24N2O3/c1-3-13(4-2,9-16)8-15-12(18)10-5-6-14-11(17)7-10/h10,16H,3-9H2,1-2H3,(H,14,17)(H,15,18). The van der Waals surface area contributed by atoms with Crippen LogP contribution in [0.15, 0.2) is 0 Å². The molecule has 0 aromatic heterocycles. The van der Waals surface area contributed by atoms with Crippen LogP contribution in [0.5, 0.6) is 0 Å². The summed E-state index contributed by atoms with van der Waals surface area (Å²) >= 11 is 0. The van der Waals surface area contributed by atoms with E-state index < -0.39 is 0 Å². The van der Waals surface area contributed by atoms with Crippen molar-refractivity contribution in [2.75, 3.05) is 19.7 Å². The summed E-state index contributed by atoms with van der Waals surface area (Å²) in [6.45, 7) is 5.16. The van der Waals surface area contributed by atoms with Crippen LogP contribution < -0.4 is 10.6 Å². The first-order valence-corrected chi connectivity index (χ1v) is 6.72. The number of piperidine rings is 1. The molecule has 1 aliphatic rings. The van der Waals surface area contributed by atoms with Gasteiger partial charge in [0.2, 0.25) is 11.8 Å². The van der Waals surface area contributed by atoms with Crippen LogP contribution in [0.2, 0.25) is 0 Å². The van der Waals surface area contributed by atoms with Gasteiger partial charge in [-0.1, -0.05) is 13.8 Å². The largest absolute Gasteiger partial charge is 0.396 e. The minimum atomic E-state index is -0.230. The van der Waals surface area contributed by atoms with E-state index in [0.717, 1.165) is 12.8 Å². The van der Waals surface area contributed by atoms with Crippen molar-refractivity contribution < 1.29 is 14.7 Å². The molecule has 0 aliphatic carbocycles. The van der Waals surface area contributed by atoms with Crippen molar-refractivity contribution in [3.05, 3.63) is 0 Å². The van der Waals surface area contributed by atoms with Gasteiger partial charge in [0.05, 0.1) is 6.61 Å². The Morgan fingerprint density at radius 1 is 1.50 bits per heavy atom. The zero-order chi connectivity index (χ0) is 13.6. The molecule has 2 amide bonds. The van der Waals surface area contributed by atoms with Crippen LogP contribution in [-0.2, 0) is 9.59 Å². The van der Waals surface area contributed by atoms with Gasteiger partial charge in [0, 0.05) is 30.8 Å². The molecule has 1 rings (SSSR count). The fourth-order valence-corrected chi connectivity index (χ4v) is 2.21. The molecule has 0 aromatic rings. The lowest BCUT2D eigenvalue weighted by molar-refractivity contribution is -0.132. The molecular formula is C13H24N2O3. The molecule has 1 atom stereocenters. The first-order valence-electron chi connectivity index (χ1n) is 6.72. The summed E-state index contributed by atoms with van der Waals surface area (Å²) in [5.41, 5.74) is -0.230. The third kappa shape index (κ3) is 3.70. The van der Waals surface area contributed by atoms with Crippen molar-refractivity contribution in [1.82, 2.24) is 10.6 Å². The maximum absolute atomic E-state index is 12.0. The van der Waals surface area contributed by atoms with Crippen molar-refractivity contribution in [2.24, 2.45) is 11.3 Å². The van der Waals surface area contributed by atoms with E-state index >= 15 is 0 Å². The molecule has 18 heavy (non-hydrogen) atoms. The number of hydrogen-bond donors (Lipinski definition) is 3. The highest BCUT2D eigenvalue weighted by Crippen LogP contribution is 2.24. The predicted molar refractivity (Wildman–Crippen MR) is 68.8 cm³/mol. The van der Waals surface area contributed by atoms with Gasteiger partial charge < -0.3 is 15.7 Å². The van der Waals surface area contributed by atoms with E-state index in [2.05, 4.69) is 10.6 Å². The fourth-order valence-electron chi connectivity index (χ4n) is 2.21. The highest BCUT2D eigenvalue weighted by Gasteiger charge is 2.29. The molecule has 1 unspecified atom stereocenters. The second-order valence-corrected chi connectivity index (χ2v) is 5.12. The summed E-state index contributed by atoms with van der Waals surface area (Å²) in [5, 5.41) is 15.0. The van der Waals surface area contributed by atoms with Crippen LogP contribution in [0.4, 0.5) is 0 Å². The van der Waals surface area contributed by atoms with Gasteiger partial charge in [-0.25, -0.2) is 0 Å². The SMILES string of the molecule is CCC(CC)(CO)CNC(=O)C1CCNC(=O)C1. The van der Waals surface area contributed by atoms with Gasteiger partial charge in [0.25, 0.3) is 0 Å². The predicted octanol–water partition coefficient (Wildman–Crippen LogP) is 0.427. The summed E-state index contributed by atoms with van der Waals surface area (Å²) in [4.78, 5) is 23.2. The van der Waals surface area contributed by atoms with Gasteiger partial charge in [-0.05, 0) is 19.3 Å². The molecule has 3 N–H and O–H groups in total. The van der Waals surface area contributed by atoms with Gasteiger partial charge >= 0.3 is 0 Å². The number of aliphatic hydroxyl groups excluding tert-OH is 1. The minimum Gasteiger partial charge on any atom is -0.396 e. The van der Waals surface area contributed by atoms with E-state index in [1.165, 1.54) is 0 Å². The molecule has 1 fully saturated rings. The van der Waals surface area contributed by atoms with Crippen LogP contribution in [0.1, 0.15) is 39.5 Å². The maximum atomic E-state index is 12.0. The van der Waals surface area contributed by atoms with Gasteiger partial charge in [0.1, 0.15) is 0 Å². The summed E-state index contributed by atoms with van der Waals surface area (Å²) in [6.07, 6.45) is 2.62. The average molecular weight is 256 g/mol. The quantitative estimate of drug-likeness (QED) is 0.645. The molecule has 0 radical (unpaired) electrons. The Morgan fingerprint density at radius 2 is 2.17 bits per heavy atom. The van der Waals surface area contributed by atoms with Crippen LogP contribution in [0.25, 0.3) is 0 Å². The minimum absolute atomic E-state index is 0.0548. The van der Waals surface area contributed by atoms with Gasteiger partial charge in [-0.2, -0.15) is 0 Å². The Hall–Kier alpha value is -1.10. The molecule has 1 heterocycles. The summed E-state index contributed by atoms with van der Waals surface area (Å²) < 4.78 is 0. The molecule has 0 bridgehead atoms. The monoisotopic (exact) mass is 256 g/mol. The first-order chi connectivity index (χ1) is 8.56. The Morgan fingerprint density at radius 3 is 2.67 bits per heavy atom. The van der Waals surface area contributed by atoms with E-state index in [1.807, 2.05) is 13.8 Å². The van der Waals surface area contributed by atoms with E-state index in [0.29, 0.717) is 19.5 Å². The topological polar surface area (TPSA) is 78.4 Å². The third-order valence-corrected chi connectivity index (χ3v) is 4.09. The van der Waals surface area contributed by atoms with Crippen molar-refractivity contribution in [3.8, 4) is 0 Å². The van der Waals surface area contributed by atoms with Crippen LogP contribution in [0.3, 0.4) is 0 Å². The molecule has 0 saturated carbocycles. The number of aliphatic hydroxyl groups is 1. The zero-order valence-corrected chi connectivity index (χ0v) is 11.3. The molecule has 0 aromatic carbocycles. The van der Waals surface area contributed by atoms with Gasteiger partial charge in [-0.3, -0.25) is 9.59 Å². The van der Waals surface area contributed by atoms with Gasteiger partial charge in [0.15, 0.2) is 0 Å². The molecule has 104 valence electrons. The van der Waals surface area contributed by atoms with Crippen molar-refractivity contribution in [2.45, 2.75) is 39.5 Å². The Kier molecular flexibility index (Phi) is 5.59. The second-order valence-electron chi connectivity index (χ2n) is 5.12. The lowest BCUT2D eigenvalue weighted by Gasteiger charge is -2.30. The van der Waals surface area contributed by atoms with E-state index in [9.17, 15) is 14.7 Å². The van der Waals surface area contributed by atoms with Crippen LogP contribution in [0, 0.1) is 11.3 Å². The average Bonchev–Trinajstić information content (AvgIpc) is 2.40. The molecule has 0 spiro atoms. The molecule has 1 saturated heterocycles. The molecule has 5 heteroatoms. The van der Waals surface area contributed by atoms with E-state index in [4.69, 9.17) is 0 Å². The number of nitrogens with one attached hydrogen (secondary N) is 2. The lowest BCUT2D eigenvalue weighted by Crippen LogP contribution is -2.45. The van der Waals surface area contributed by atoms with Crippen LogP contribution in [-0.4, -0.2) is 36.6 Å². The highest BCUT2D eigenvalue weighted by atomic mass is 16.3. The molecular weight excluding hydrogens is 232 g/mol. The van der Waals surface area contributed by atoms with Crippen molar-refractivity contribution in [3.63, 3.8) is 0 Å². The fraction of sp³-hybridized carbons (Fsp3) is 0.846. The number of carbonyl (C=O) groups is 2. The number of hydrogen-bond acceptors (Lipinski definition) is 3. The third-order valence-electron chi connectivity index (χ3n) is 4.09. The van der Waals surface area contributed by atoms with Gasteiger partial charge in [-0.15, -0.1) is 0 Å². The van der Waals surface area contributed by atoms with Crippen molar-refractivity contribution >= 4 is 11.8 Å². The Balaban J connectivity index is 2.46. The normalized spacial score (nSPS) is 20.4. The number of carbonyl (C=O) groups excluding carboxylic acids is 2. The Labute approximate surface area is 108 Å². The van der Waals surface area contributed by atoms with E-state index in [1.54, 1.807) is 0 Å². The van der Waals surface area contributed by atoms with Crippen molar-refractivity contribution in [1.29, 1.82) is 0 Å². The molecule has 1 aliphatic heterocycles. The Bertz CT molecular complexity index is 292. The summed E-state index contributed by atoms with van der Waals surface area (Å²) in [5.74, 6) is -0.339. The maximum Gasteiger partial charge on any atom is 0.223 e. The summed E-state index contributed by atoms with van der Waals surface area (Å²) in [7, 11) is 0. The lowest BCUT2D eigenvalue weighted by atomic mass is 9.83. The highest BCUT2D eigenvalue weighted by molar-refractivity contribution is 5.86. The van der Waals surface area contributed by atoms with E-state index in [-0.39, 0.29) is 36.2 Å². The second kappa shape index (κ2) is 6.73. The van der Waals surface area contributed by atoms with Crippen LogP contribution >= 0.6 is 0 Å². The summed E-state index contributed by atoms with van der Waals surface area (Å²) in [6, 6.07) is 0. The number of rotatable bonds is 6.